The van der Waals surface area contributed by atoms with Crippen molar-refractivity contribution in [3.8, 4) is 0 Å². The number of hydrogen-bond donors (Lipinski definition) is 2. The molecule has 0 bridgehead atoms. The van der Waals surface area contributed by atoms with Crippen LogP contribution in [0.1, 0.15) is 0 Å². The Morgan fingerprint density at radius 1 is 1.69 bits per heavy atom. The quantitative estimate of drug-likeness (QED) is 0.584. The van der Waals surface area contributed by atoms with Gasteiger partial charge in [-0.25, -0.2) is 0 Å². The number of amides is 1. The van der Waals surface area contributed by atoms with E-state index in [9.17, 15) is 4.79 Å². The number of nitrogens with zero attached hydrogens (tertiary/aromatic N) is 1. The molecule has 0 aromatic carbocycles. The van der Waals surface area contributed by atoms with Gasteiger partial charge in [0.05, 0.1) is 19.3 Å². The van der Waals surface area contributed by atoms with Crippen LogP contribution in [0.25, 0.3) is 0 Å². The van der Waals surface area contributed by atoms with E-state index >= 15 is 0 Å². The lowest BCUT2D eigenvalue weighted by atomic mass is 10.2. The number of hydrogen-bond acceptors (Lipinski definition) is 4. The molecule has 16 heavy (non-hydrogen) atoms. The van der Waals surface area contributed by atoms with Crippen LogP contribution in [0.5, 0.6) is 0 Å². The summed E-state index contributed by atoms with van der Waals surface area (Å²) in [7, 11) is 1.90. The number of carbonyl (C=O) groups is 1. The molecule has 0 saturated carbocycles. The van der Waals surface area contributed by atoms with E-state index in [1.54, 1.807) is 6.08 Å². The number of morpholine rings is 1. The van der Waals surface area contributed by atoms with E-state index in [1.165, 1.54) is 0 Å². The van der Waals surface area contributed by atoms with Crippen LogP contribution in [0.3, 0.4) is 0 Å². The third-order valence-corrected chi connectivity index (χ3v) is 2.47. The predicted molar refractivity (Wildman–Crippen MR) is 63.3 cm³/mol. The zero-order valence-electron chi connectivity index (χ0n) is 9.87. The van der Waals surface area contributed by atoms with Gasteiger partial charge in [-0.15, -0.1) is 6.58 Å². The minimum Gasteiger partial charge on any atom is -0.374 e. The summed E-state index contributed by atoms with van der Waals surface area (Å²) >= 11 is 0. The van der Waals surface area contributed by atoms with E-state index in [1.807, 2.05) is 7.05 Å². The van der Waals surface area contributed by atoms with Gasteiger partial charge in [-0.1, -0.05) is 6.08 Å². The lowest BCUT2D eigenvalue weighted by molar-refractivity contribution is -0.124. The molecule has 1 heterocycles. The molecule has 0 aliphatic carbocycles. The largest absolute Gasteiger partial charge is 0.374 e. The van der Waals surface area contributed by atoms with Crippen LogP contribution in [-0.4, -0.2) is 63.3 Å². The van der Waals surface area contributed by atoms with Gasteiger partial charge in [-0.05, 0) is 7.05 Å². The zero-order chi connectivity index (χ0) is 11.8. The molecule has 1 fully saturated rings. The van der Waals surface area contributed by atoms with Crippen molar-refractivity contribution in [2.24, 2.45) is 0 Å². The molecule has 92 valence electrons. The molecule has 0 radical (unpaired) electrons. The van der Waals surface area contributed by atoms with Crippen molar-refractivity contribution >= 4 is 5.91 Å². The van der Waals surface area contributed by atoms with Crippen molar-refractivity contribution in [2.75, 3.05) is 46.4 Å². The maximum absolute atomic E-state index is 11.5. The Morgan fingerprint density at radius 3 is 3.19 bits per heavy atom. The molecule has 1 unspecified atom stereocenters. The molecular weight excluding hydrogens is 206 g/mol. The molecule has 5 nitrogen and oxygen atoms in total. The molecule has 1 rings (SSSR count). The van der Waals surface area contributed by atoms with Gasteiger partial charge in [0.15, 0.2) is 0 Å². The number of nitrogens with one attached hydrogen (secondary N) is 2. The number of rotatable bonds is 6. The van der Waals surface area contributed by atoms with Crippen molar-refractivity contribution in [1.29, 1.82) is 0 Å². The highest BCUT2D eigenvalue weighted by atomic mass is 16.5. The second kappa shape index (κ2) is 7.38. The molecule has 1 aliphatic rings. The van der Waals surface area contributed by atoms with Crippen molar-refractivity contribution in [2.45, 2.75) is 6.10 Å². The van der Waals surface area contributed by atoms with Crippen LogP contribution in [-0.2, 0) is 9.53 Å². The standard InChI is InChI=1S/C11H21N3O2/c1-3-4-13-11(15)9-14-5-6-16-10(8-14)7-12-2/h3,10,12H,1,4-9H2,2H3,(H,13,15). The number of ether oxygens (including phenoxy) is 1. The van der Waals surface area contributed by atoms with Gasteiger partial charge < -0.3 is 15.4 Å². The third kappa shape index (κ3) is 4.74. The summed E-state index contributed by atoms with van der Waals surface area (Å²) in [6.45, 7) is 7.68. The van der Waals surface area contributed by atoms with Crippen molar-refractivity contribution in [3.05, 3.63) is 12.7 Å². The Balaban J connectivity index is 2.25. The van der Waals surface area contributed by atoms with Crippen LogP contribution in [0.15, 0.2) is 12.7 Å². The van der Waals surface area contributed by atoms with Gasteiger partial charge in [0.1, 0.15) is 0 Å². The van der Waals surface area contributed by atoms with Crippen molar-refractivity contribution in [1.82, 2.24) is 15.5 Å². The van der Waals surface area contributed by atoms with E-state index in [4.69, 9.17) is 4.74 Å². The monoisotopic (exact) mass is 227 g/mol. The molecule has 5 heteroatoms. The molecule has 0 spiro atoms. The van der Waals surface area contributed by atoms with Crippen LogP contribution in [0.4, 0.5) is 0 Å². The average Bonchev–Trinajstić information content (AvgIpc) is 2.27. The van der Waals surface area contributed by atoms with Crippen LogP contribution < -0.4 is 10.6 Å². The van der Waals surface area contributed by atoms with Gasteiger partial charge >= 0.3 is 0 Å². The normalized spacial score (nSPS) is 21.7. The second-order valence-electron chi connectivity index (χ2n) is 3.88. The third-order valence-electron chi connectivity index (χ3n) is 2.47. The first kappa shape index (κ1) is 13.2. The Hall–Kier alpha value is -0.910. The van der Waals surface area contributed by atoms with Gasteiger partial charge in [-0.2, -0.15) is 0 Å². The fourth-order valence-electron chi connectivity index (χ4n) is 1.72. The van der Waals surface area contributed by atoms with Crippen molar-refractivity contribution in [3.63, 3.8) is 0 Å². The molecule has 0 aromatic rings. The Kier molecular flexibility index (Phi) is 6.07. The first-order valence-electron chi connectivity index (χ1n) is 5.62. The maximum atomic E-state index is 11.5. The molecule has 0 aromatic heterocycles. The summed E-state index contributed by atoms with van der Waals surface area (Å²) in [5.41, 5.74) is 0. The molecule has 1 saturated heterocycles. The van der Waals surface area contributed by atoms with E-state index in [-0.39, 0.29) is 12.0 Å². The Labute approximate surface area is 96.8 Å². The van der Waals surface area contributed by atoms with E-state index < -0.39 is 0 Å². The van der Waals surface area contributed by atoms with Gasteiger partial charge in [0.25, 0.3) is 0 Å². The smallest absolute Gasteiger partial charge is 0.234 e. The molecule has 1 amide bonds. The summed E-state index contributed by atoms with van der Waals surface area (Å²) in [5.74, 6) is 0.0463. The van der Waals surface area contributed by atoms with E-state index in [0.717, 1.165) is 19.6 Å². The molecule has 2 N–H and O–H groups in total. The lowest BCUT2D eigenvalue weighted by Gasteiger charge is -2.32. The number of likely N-dealkylation sites (N-methyl/N-ethyl adjacent to an activating group) is 1. The van der Waals surface area contributed by atoms with Crippen molar-refractivity contribution < 1.29 is 9.53 Å². The predicted octanol–water partition coefficient (Wildman–Crippen LogP) is -0.791. The van der Waals surface area contributed by atoms with E-state index in [0.29, 0.717) is 19.7 Å². The molecule has 1 aliphatic heterocycles. The summed E-state index contributed by atoms with van der Waals surface area (Å²) in [5, 5.41) is 5.85. The fraction of sp³-hybridized carbons (Fsp3) is 0.727. The average molecular weight is 227 g/mol. The fourth-order valence-corrected chi connectivity index (χ4v) is 1.72. The molecular formula is C11H21N3O2. The summed E-state index contributed by atoms with van der Waals surface area (Å²) < 4.78 is 5.56. The van der Waals surface area contributed by atoms with Crippen LogP contribution in [0, 0.1) is 0 Å². The highest BCUT2D eigenvalue weighted by molar-refractivity contribution is 5.78. The topological polar surface area (TPSA) is 53.6 Å². The first-order valence-corrected chi connectivity index (χ1v) is 5.62. The Morgan fingerprint density at radius 2 is 2.50 bits per heavy atom. The summed E-state index contributed by atoms with van der Waals surface area (Å²) in [6.07, 6.45) is 1.87. The summed E-state index contributed by atoms with van der Waals surface area (Å²) in [6, 6.07) is 0. The van der Waals surface area contributed by atoms with Crippen LogP contribution in [0.2, 0.25) is 0 Å². The highest BCUT2D eigenvalue weighted by Gasteiger charge is 2.21. The minimum atomic E-state index is 0.0463. The maximum Gasteiger partial charge on any atom is 0.234 e. The molecule has 1 atom stereocenters. The SMILES string of the molecule is C=CCNC(=O)CN1CCOC(CNC)C1. The van der Waals surface area contributed by atoms with Crippen LogP contribution >= 0.6 is 0 Å². The lowest BCUT2D eigenvalue weighted by Crippen LogP contribution is -2.49. The van der Waals surface area contributed by atoms with Gasteiger partial charge in [-0.3, -0.25) is 9.69 Å². The number of carbonyl (C=O) groups excluding carboxylic acids is 1. The zero-order valence-corrected chi connectivity index (χ0v) is 9.87. The second-order valence-corrected chi connectivity index (χ2v) is 3.88. The summed E-state index contributed by atoms with van der Waals surface area (Å²) in [4.78, 5) is 13.6. The minimum absolute atomic E-state index is 0.0463. The van der Waals surface area contributed by atoms with E-state index in [2.05, 4.69) is 22.1 Å². The van der Waals surface area contributed by atoms with Gasteiger partial charge in [0, 0.05) is 26.2 Å². The highest BCUT2D eigenvalue weighted by Crippen LogP contribution is 2.03. The van der Waals surface area contributed by atoms with Gasteiger partial charge in [0.2, 0.25) is 5.91 Å². The Bertz CT molecular complexity index is 231. The first-order chi connectivity index (χ1) is 7.76.